The summed E-state index contributed by atoms with van der Waals surface area (Å²) in [6, 6.07) is 12.2. The van der Waals surface area contributed by atoms with E-state index >= 15 is 0 Å². The molecular weight excluding hydrogens is 426 g/mol. The average molecular weight is 450 g/mol. The van der Waals surface area contributed by atoms with E-state index in [1.165, 1.54) is 0 Å². The Labute approximate surface area is 191 Å². The molecule has 8 nitrogen and oxygen atoms in total. The van der Waals surface area contributed by atoms with Gasteiger partial charge in [-0.3, -0.25) is 19.1 Å². The van der Waals surface area contributed by atoms with Crippen molar-refractivity contribution in [2.24, 2.45) is 7.05 Å². The van der Waals surface area contributed by atoms with Crippen LogP contribution in [0.1, 0.15) is 31.9 Å². The molecule has 3 aromatic heterocycles. The van der Waals surface area contributed by atoms with Gasteiger partial charge in [-0.2, -0.15) is 15.3 Å². The van der Waals surface area contributed by atoms with Gasteiger partial charge < -0.3 is 0 Å². The Hall–Kier alpha value is -3.39. The Kier molecular flexibility index (Phi) is 5.09. The number of nitrogens with zero attached hydrogens (tertiary/aromatic N) is 7. The van der Waals surface area contributed by atoms with Crippen molar-refractivity contribution in [3.63, 3.8) is 0 Å². The number of rotatable bonds is 5. The molecule has 1 aliphatic heterocycles. The minimum atomic E-state index is 0.0845. The molecule has 0 N–H and O–H groups in total. The summed E-state index contributed by atoms with van der Waals surface area (Å²) in [5.74, 6) is 0.860. The first-order valence-electron chi connectivity index (χ1n) is 10.6. The van der Waals surface area contributed by atoms with Crippen LogP contribution in [0.4, 0.5) is 5.82 Å². The molecule has 0 unspecified atom stereocenters. The van der Waals surface area contributed by atoms with Crippen LogP contribution in [0.15, 0.2) is 48.8 Å². The third kappa shape index (κ3) is 3.60. The van der Waals surface area contributed by atoms with E-state index in [1.807, 2.05) is 72.9 Å². The highest BCUT2D eigenvalue weighted by atomic mass is 35.5. The van der Waals surface area contributed by atoms with Gasteiger partial charge in [0.15, 0.2) is 0 Å². The molecule has 0 saturated heterocycles. The number of amides is 1. The van der Waals surface area contributed by atoms with Crippen LogP contribution in [0.25, 0.3) is 22.6 Å². The highest BCUT2D eigenvalue weighted by Crippen LogP contribution is 2.34. The van der Waals surface area contributed by atoms with Crippen LogP contribution in [0.2, 0.25) is 5.02 Å². The molecule has 1 amide bonds. The summed E-state index contributed by atoms with van der Waals surface area (Å²) in [6.45, 7) is 5.13. The molecule has 5 rings (SSSR count). The molecule has 4 heterocycles. The molecule has 9 heteroatoms. The molecule has 0 fully saturated rings. The van der Waals surface area contributed by atoms with E-state index in [0.29, 0.717) is 24.5 Å². The molecular formula is C23H24ClN7O. The lowest BCUT2D eigenvalue weighted by molar-refractivity contribution is -0.119. The maximum Gasteiger partial charge on any atom is 0.230 e. The van der Waals surface area contributed by atoms with Crippen molar-refractivity contribution >= 4 is 23.3 Å². The summed E-state index contributed by atoms with van der Waals surface area (Å²) in [7, 11) is 1.90. The Morgan fingerprint density at radius 2 is 1.88 bits per heavy atom. The summed E-state index contributed by atoms with van der Waals surface area (Å²) in [6.07, 6.45) is 3.98. The Balaban J connectivity index is 1.44. The van der Waals surface area contributed by atoms with Gasteiger partial charge in [0.2, 0.25) is 5.91 Å². The van der Waals surface area contributed by atoms with Gasteiger partial charge in [0.05, 0.1) is 30.0 Å². The molecule has 0 aliphatic carbocycles. The quantitative estimate of drug-likeness (QED) is 0.455. The highest BCUT2D eigenvalue weighted by molar-refractivity contribution is 6.33. The first-order valence-corrected chi connectivity index (χ1v) is 11.0. The number of aryl methyl sites for hydroxylation is 2. The SMILES string of the molecule is CC(C)n1ncc(Cl)c1-c1cc2n(n1)CCC(=O)N2Cc1ccc(-c2ccn(C)n2)cc1. The first kappa shape index (κ1) is 20.5. The molecule has 0 spiro atoms. The second-order valence-corrected chi connectivity index (χ2v) is 8.70. The van der Waals surface area contributed by atoms with Crippen LogP contribution in [0, 0.1) is 0 Å². The van der Waals surface area contributed by atoms with Gasteiger partial charge in [0, 0.05) is 37.3 Å². The zero-order valence-electron chi connectivity index (χ0n) is 18.2. The number of fused-ring (bicyclic) bond motifs is 1. The van der Waals surface area contributed by atoms with E-state index < -0.39 is 0 Å². The number of aromatic nitrogens is 6. The maximum atomic E-state index is 12.8. The summed E-state index contributed by atoms with van der Waals surface area (Å²) < 4.78 is 5.53. The van der Waals surface area contributed by atoms with Crippen molar-refractivity contribution < 1.29 is 4.79 Å². The molecule has 32 heavy (non-hydrogen) atoms. The lowest BCUT2D eigenvalue weighted by Gasteiger charge is -2.27. The van der Waals surface area contributed by atoms with Crippen LogP contribution in [-0.4, -0.2) is 35.2 Å². The largest absolute Gasteiger partial charge is 0.292 e. The van der Waals surface area contributed by atoms with Crippen molar-refractivity contribution in [1.82, 2.24) is 29.3 Å². The van der Waals surface area contributed by atoms with Gasteiger partial charge in [0.1, 0.15) is 17.2 Å². The standard InChI is InChI=1S/C23H24ClN7O/c1-15(2)31-23(18(24)13-25-31)20-12-21-29(22(32)9-11-30(21)27-20)14-16-4-6-17(7-5-16)19-8-10-28(3)26-19/h4-8,10,12-13,15H,9,11,14H2,1-3H3. The summed E-state index contributed by atoms with van der Waals surface area (Å²) in [4.78, 5) is 14.6. The zero-order valence-corrected chi connectivity index (χ0v) is 19.0. The number of benzene rings is 1. The van der Waals surface area contributed by atoms with Crippen LogP contribution >= 0.6 is 11.6 Å². The van der Waals surface area contributed by atoms with Crippen molar-refractivity contribution in [3.8, 4) is 22.6 Å². The second kappa shape index (κ2) is 7.94. The molecule has 0 atom stereocenters. The Morgan fingerprint density at radius 3 is 2.56 bits per heavy atom. The number of carbonyl (C=O) groups is 1. The average Bonchev–Trinajstić information content (AvgIpc) is 3.48. The molecule has 164 valence electrons. The van der Waals surface area contributed by atoms with E-state index in [2.05, 4.69) is 10.2 Å². The number of hydrogen-bond donors (Lipinski definition) is 0. The normalized spacial score (nSPS) is 13.8. The smallest absolute Gasteiger partial charge is 0.230 e. The van der Waals surface area contributed by atoms with Crippen molar-refractivity contribution in [2.75, 3.05) is 4.90 Å². The molecule has 1 aliphatic rings. The monoisotopic (exact) mass is 449 g/mol. The van der Waals surface area contributed by atoms with E-state index in [-0.39, 0.29) is 11.9 Å². The van der Waals surface area contributed by atoms with Crippen molar-refractivity contribution in [2.45, 2.75) is 39.4 Å². The van der Waals surface area contributed by atoms with Gasteiger partial charge in [-0.1, -0.05) is 35.9 Å². The predicted octanol–water partition coefficient (Wildman–Crippen LogP) is 4.32. The third-order valence-corrected chi connectivity index (χ3v) is 5.94. The van der Waals surface area contributed by atoms with Crippen molar-refractivity contribution in [1.29, 1.82) is 0 Å². The van der Waals surface area contributed by atoms with E-state index in [1.54, 1.807) is 15.8 Å². The fourth-order valence-electron chi connectivity index (χ4n) is 4.04. The first-order chi connectivity index (χ1) is 15.4. The number of carbonyl (C=O) groups excluding carboxylic acids is 1. The topological polar surface area (TPSA) is 73.8 Å². The minimum absolute atomic E-state index is 0.0845. The summed E-state index contributed by atoms with van der Waals surface area (Å²) in [5.41, 5.74) is 4.51. The Morgan fingerprint density at radius 1 is 1.09 bits per heavy atom. The van der Waals surface area contributed by atoms with E-state index in [9.17, 15) is 4.79 Å². The third-order valence-electron chi connectivity index (χ3n) is 5.66. The number of halogens is 1. The zero-order chi connectivity index (χ0) is 22.4. The molecule has 1 aromatic carbocycles. The van der Waals surface area contributed by atoms with E-state index in [0.717, 1.165) is 34.0 Å². The predicted molar refractivity (Wildman–Crippen MR) is 123 cm³/mol. The van der Waals surface area contributed by atoms with Crippen LogP contribution in [0.3, 0.4) is 0 Å². The van der Waals surface area contributed by atoms with Gasteiger partial charge in [-0.05, 0) is 25.5 Å². The van der Waals surface area contributed by atoms with Gasteiger partial charge in [0.25, 0.3) is 0 Å². The lowest BCUT2D eigenvalue weighted by Crippen LogP contribution is -2.36. The van der Waals surface area contributed by atoms with Crippen LogP contribution < -0.4 is 4.90 Å². The van der Waals surface area contributed by atoms with Crippen LogP contribution in [0.5, 0.6) is 0 Å². The van der Waals surface area contributed by atoms with Gasteiger partial charge in [-0.25, -0.2) is 4.68 Å². The van der Waals surface area contributed by atoms with Crippen molar-refractivity contribution in [3.05, 3.63) is 59.4 Å². The van der Waals surface area contributed by atoms with Crippen LogP contribution in [-0.2, 0) is 24.9 Å². The number of anilines is 1. The van der Waals surface area contributed by atoms with Gasteiger partial charge in [-0.15, -0.1) is 0 Å². The van der Waals surface area contributed by atoms with Gasteiger partial charge >= 0.3 is 0 Å². The molecule has 0 bridgehead atoms. The Bertz CT molecular complexity index is 1280. The fraction of sp³-hybridized carbons (Fsp3) is 0.304. The molecule has 0 radical (unpaired) electrons. The fourth-order valence-corrected chi connectivity index (χ4v) is 4.27. The molecule has 0 saturated carbocycles. The molecule has 4 aromatic rings. The second-order valence-electron chi connectivity index (χ2n) is 8.29. The highest BCUT2D eigenvalue weighted by Gasteiger charge is 2.28. The lowest BCUT2D eigenvalue weighted by atomic mass is 10.1. The summed E-state index contributed by atoms with van der Waals surface area (Å²) >= 11 is 6.43. The van der Waals surface area contributed by atoms with E-state index in [4.69, 9.17) is 16.7 Å². The number of hydrogen-bond acceptors (Lipinski definition) is 4. The maximum absolute atomic E-state index is 12.8. The minimum Gasteiger partial charge on any atom is -0.292 e. The summed E-state index contributed by atoms with van der Waals surface area (Å²) in [5, 5.41) is 14.1.